The van der Waals surface area contributed by atoms with Crippen LogP contribution < -0.4 is 5.32 Å². The molecule has 1 aliphatic rings. The van der Waals surface area contributed by atoms with E-state index < -0.39 is 0 Å². The molecule has 4 heteroatoms. The van der Waals surface area contributed by atoms with Crippen LogP contribution in [-0.4, -0.2) is 21.4 Å². The summed E-state index contributed by atoms with van der Waals surface area (Å²) in [4.78, 5) is 0. The van der Waals surface area contributed by atoms with E-state index in [0.717, 1.165) is 25.4 Å². The van der Waals surface area contributed by atoms with Gasteiger partial charge in [-0.25, -0.2) is 0 Å². The number of aryl methyl sites for hydroxylation is 2. The largest absolute Gasteiger partial charge is 0.348 e. The van der Waals surface area contributed by atoms with Crippen molar-refractivity contribution in [2.24, 2.45) is 5.92 Å². The maximum atomic E-state index is 4.63. The molecule has 1 aliphatic carbocycles. The molecule has 2 aromatic heterocycles. The summed E-state index contributed by atoms with van der Waals surface area (Å²) in [5, 5.41) is 8.09. The second-order valence-corrected chi connectivity index (χ2v) is 6.02. The number of nitrogens with zero attached hydrogens (tertiary/aromatic N) is 3. The highest BCUT2D eigenvalue weighted by molar-refractivity contribution is 5.20. The van der Waals surface area contributed by atoms with E-state index in [2.05, 4.69) is 65.1 Å². The Balaban J connectivity index is 1.76. The zero-order valence-corrected chi connectivity index (χ0v) is 13.3. The number of nitrogens with one attached hydrogen (secondary N) is 1. The molecule has 114 valence electrons. The third-order valence-corrected chi connectivity index (χ3v) is 4.46. The molecular formula is C17H26N4. The molecule has 1 saturated carbocycles. The number of hydrogen-bond donors (Lipinski definition) is 1. The van der Waals surface area contributed by atoms with Crippen LogP contribution in [-0.2, 0) is 19.5 Å². The third-order valence-electron chi connectivity index (χ3n) is 4.46. The summed E-state index contributed by atoms with van der Waals surface area (Å²) in [6, 6.07) is 5.01. The summed E-state index contributed by atoms with van der Waals surface area (Å²) < 4.78 is 4.40. The maximum absolute atomic E-state index is 4.63. The minimum atomic E-state index is 0.522. The van der Waals surface area contributed by atoms with Gasteiger partial charge in [0.2, 0.25) is 0 Å². The van der Waals surface area contributed by atoms with Gasteiger partial charge in [-0.05, 0) is 56.8 Å². The van der Waals surface area contributed by atoms with Gasteiger partial charge >= 0.3 is 0 Å². The molecule has 1 unspecified atom stereocenters. The van der Waals surface area contributed by atoms with Crippen molar-refractivity contribution in [1.82, 2.24) is 19.7 Å². The summed E-state index contributed by atoms with van der Waals surface area (Å²) in [6.07, 6.45) is 8.21. The number of aromatic nitrogens is 3. The number of hydrogen-bond acceptors (Lipinski definition) is 2. The Morgan fingerprint density at radius 3 is 2.81 bits per heavy atom. The first-order chi connectivity index (χ1) is 10.2. The van der Waals surface area contributed by atoms with E-state index in [-0.39, 0.29) is 0 Å². The monoisotopic (exact) mass is 286 g/mol. The SMILES string of the molecule is CCc1cc(Cn2ccc(C(NC)C3CC3)c2)n(CC)n1. The van der Waals surface area contributed by atoms with Crippen molar-refractivity contribution in [3.63, 3.8) is 0 Å². The molecule has 1 N–H and O–H groups in total. The van der Waals surface area contributed by atoms with Crippen LogP contribution in [0.4, 0.5) is 0 Å². The highest BCUT2D eigenvalue weighted by Gasteiger charge is 2.31. The lowest BCUT2D eigenvalue weighted by Gasteiger charge is -2.13. The molecule has 0 aromatic carbocycles. The van der Waals surface area contributed by atoms with Gasteiger partial charge in [0.25, 0.3) is 0 Å². The molecule has 21 heavy (non-hydrogen) atoms. The van der Waals surface area contributed by atoms with Gasteiger partial charge in [0.05, 0.1) is 17.9 Å². The lowest BCUT2D eigenvalue weighted by molar-refractivity contribution is 0.527. The zero-order valence-electron chi connectivity index (χ0n) is 13.3. The van der Waals surface area contributed by atoms with Crippen LogP contribution in [0.5, 0.6) is 0 Å². The fourth-order valence-corrected chi connectivity index (χ4v) is 3.12. The predicted molar refractivity (Wildman–Crippen MR) is 85.3 cm³/mol. The highest BCUT2D eigenvalue weighted by atomic mass is 15.3. The molecular weight excluding hydrogens is 260 g/mol. The van der Waals surface area contributed by atoms with E-state index in [0.29, 0.717) is 6.04 Å². The first-order valence-corrected chi connectivity index (χ1v) is 8.13. The van der Waals surface area contributed by atoms with Crippen LogP contribution in [0.25, 0.3) is 0 Å². The molecule has 1 fully saturated rings. The lowest BCUT2D eigenvalue weighted by atomic mass is 10.1. The van der Waals surface area contributed by atoms with Crippen LogP contribution in [0.3, 0.4) is 0 Å². The molecule has 0 radical (unpaired) electrons. The normalized spacial score (nSPS) is 16.3. The zero-order chi connectivity index (χ0) is 14.8. The smallest absolute Gasteiger partial charge is 0.0639 e. The molecule has 0 aliphatic heterocycles. The Bertz CT molecular complexity index is 592. The summed E-state index contributed by atoms with van der Waals surface area (Å²) in [7, 11) is 2.07. The van der Waals surface area contributed by atoms with E-state index in [1.165, 1.54) is 29.8 Å². The summed E-state index contributed by atoms with van der Waals surface area (Å²) in [6.45, 7) is 6.15. The minimum Gasteiger partial charge on any atom is -0.348 e. The summed E-state index contributed by atoms with van der Waals surface area (Å²) in [5.74, 6) is 0.832. The maximum Gasteiger partial charge on any atom is 0.0639 e. The van der Waals surface area contributed by atoms with Crippen molar-refractivity contribution < 1.29 is 0 Å². The van der Waals surface area contributed by atoms with Crippen molar-refractivity contribution in [3.05, 3.63) is 41.5 Å². The first-order valence-electron chi connectivity index (χ1n) is 8.13. The Morgan fingerprint density at radius 1 is 1.38 bits per heavy atom. The van der Waals surface area contributed by atoms with Crippen LogP contribution in [0.2, 0.25) is 0 Å². The van der Waals surface area contributed by atoms with Crippen LogP contribution in [0.1, 0.15) is 49.7 Å². The molecule has 0 amide bonds. The van der Waals surface area contributed by atoms with Crippen molar-refractivity contribution in [1.29, 1.82) is 0 Å². The van der Waals surface area contributed by atoms with Crippen LogP contribution >= 0.6 is 0 Å². The fourth-order valence-electron chi connectivity index (χ4n) is 3.12. The minimum absolute atomic E-state index is 0.522. The van der Waals surface area contributed by atoms with Crippen LogP contribution in [0.15, 0.2) is 24.5 Å². The van der Waals surface area contributed by atoms with Crippen molar-refractivity contribution >= 4 is 0 Å². The van der Waals surface area contributed by atoms with Gasteiger partial charge < -0.3 is 9.88 Å². The van der Waals surface area contributed by atoms with Gasteiger partial charge in [0.15, 0.2) is 0 Å². The summed E-state index contributed by atoms with van der Waals surface area (Å²) >= 11 is 0. The van der Waals surface area contributed by atoms with Crippen LogP contribution in [0, 0.1) is 5.92 Å². The Labute approximate surface area is 127 Å². The molecule has 3 rings (SSSR count). The first kappa shape index (κ1) is 14.4. The third kappa shape index (κ3) is 3.05. The van der Waals surface area contributed by atoms with Gasteiger partial charge in [-0.3, -0.25) is 4.68 Å². The van der Waals surface area contributed by atoms with Gasteiger partial charge in [-0.2, -0.15) is 5.10 Å². The topological polar surface area (TPSA) is 34.8 Å². The summed E-state index contributed by atoms with van der Waals surface area (Å²) in [5.41, 5.74) is 3.90. The second kappa shape index (κ2) is 6.06. The molecule has 1 atom stereocenters. The lowest BCUT2D eigenvalue weighted by Crippen LogP contribution is -2.17. The predicted octanol–water partition coefficient (Wildman–Crippen LogP) is 2.99. The highest BCUT2D eigenvalue weighted by Crippen LogP contribution is 2.40. The van der Waals surface area contributed by atoms with Gasteiger partial charge in [0, 0.05) is 25.0 Å². The molecule has 4 nitrogen and oxygen atoms in total. The van der Waals surface area contributed by atoms with E-state index in [1.54, 1.807) is 0 Å². The Kier molecular flexibility index (Phi) is 4.15. The fraction of sp³-hybridized carbons (Fsp3) is 0.588. The second-order valence-electron chi connectivity index (χ2n) is 6.02. The van der Waals surface area contributed by atoms with E-state index in [4.69, 9.17) is 0 Å². The quantitative estimate of drug-likeness (QED) is 0.849. The van der Waals surface area contributed by atoms with Gasteiger partial charge in [-0.15, -0.1) is 0 Å². The van der Waals surface area contributed by atoms with Gasteiger partial charge in [-0.1, -0.05) is 6.92 Å². The Hall–Kier alpha value is -1.55. The van der Waals surface area contributed by atoms with E-state index >= 15 is 0 Å². The number of rotatable bonds is 7. The Morgan fingerprint density at radius 2 is 2.19 bits per heavy atom. The molecule has 0 spiro atoms. The molecule has 0 saturated heterocycles. The standard InChI is InChI=1S/C17H26N4/c1-4-15-10-16(21(5-2)19-15)12-20-9-8-14(11-20)17(18-3)13-6-7-13/h8-11,13,17-18H,4-7,12H2,1-3H3. The molecule has 2 heterocycles. The van der Waals surface area contributed by atoms with Crippen molar-refractivity contribution in [2.75, 3.05) is 7.05 Å². The van der Waals surface area contributed by atoms with E-state index in [9.17, 15) is 0 Å². The molecule has 0 bridgehead atoms. The van der Waals surface area contributed by atoms with Crippen molar-refractivity contribution in [2.45, 2.75) is 52.2 Å². The molecule has 2 aromatic rings. The van der Waals surface area contributed by atoms with Gasteiger partial charge in [0.1, 0.15) is 0 Å². The van der Waals surface area contributed by atoms with Crippen molar-refractivity contribution in [3.8, 4) is 0 Å². The average Bonchev–Trinajstić information content (AvgIpc) is 3.09. The average molecular weight is 286 g/mol. The van der Waals surface area contributed by atoms with E-state index in [1.807, 2.05) is 0 Å².